The lowest BCUT2D eigenvalue weighted by Crippen LogP contribution is -2.37. The average Bonchev–Trinajstić information content (AvgIpc) is 2.72. The lowest BCUT2D eigenvalue weighted by Gasteiger charge is -2.32. The Morgan fingerprint density at radius 3 is 3.04 bits per heavy atom. The van der Waals surface area contributed by atoms with Crippen LogP contribution in [0.25, 0.3) is 10.9 Å². The molecule has 0 amide bonds. The molecular formula is C20H23N5O. The van der Waals surface area contributed by atoms with E-state index in [0.29, 0.717) is 12.5 Å². The highest BCUT2D eigenvalue weighted by Crippen LogP contribution is 2.23. The van der Waals surface area contributed by atoms with Crippen molar-refractivity contribution in [3.8, 4) is 0 Å². The van der Waals surface area contributed by atoms with E-state index in [1.54, 1.807) is 6.33 Å². The van der Waals surface area contributed by atoms with Crippen molar-refractivity contribution in [1.29, 1.82) is 0 Å². The Bertz CT molecular complexity index is 885. The number of aromatic nitrogens is 3. The van der Waals surface area contributed by atoms with E-state index in [-0.39, 0.29) is 6.61 Å². The van der Waals surface area contributed by atoms with Gasteiger partial charge in [0.1, 0.15) is 18.0 Å². The van der Waals surface area contributed by atoms with Crippen LogP contribution >= 0.6 is 0 Å². The summed E-state index contributed by atoms with van der Waals surface area (Å²) in [5, 5.41) is 13.9. The molecule has 6 nitrogen and oxygen atoms in total. The zero-order chi connectivity index (χ0) is 17.8. The van der Waals surface area contributed by atoms with Gasteiger partial charge >= 0.3 is 0 Å². The molecule has 1 aliphatic heterocycles. The molecule has 1 unspecified atom stereocenters. The predicted molar refractivity (Wildman–Crippen MR) is 103 cm³/mol. The number of benzene rings is 1. The Hall–Kier alpha value is -2.73. The van der Waals surface area contributed by atoms with E-state index in [1.807, 2.05) is 24.4 Å². The molecule has 1 aliphatic rings. The van der Waals surface area contributed by atoms with E-state index >= 15 is 0 Å². The van der Waals surface area contributed by atoms with Crippen LogP contribution in [0.4, 0.5) is 11.6 Å². The third kappa shape index (κ3) is 3.75. The summed E-state index contributed by atoms with van der Waals surface area (Å²) in [6.45, 7) is 2.76. The molecular weight excluding hydrogens is 326 g/mol. The molecule has 6 heteroatoms. The van der Waals surface area contributed by atoms with Crippen LogP contribution in [0.15, 0.2) is 48.9 Å². The summed E-state index contributed by atoms with van der Waals surface area (Å²) in [7, 11) is 0. The number of hydrogen-bond donors (Lipinski definition) is 2. The third-order valence-electron chi connectivity index (χ3n) is 4.89. The van der Waals surface area contributed by atoms with Gasteiger partial charge in [0.2, 0.25) is 0 Å². The number of hydrogen-bond acceptors (Lipinski definition) is 6. The Balaban J connectivity index is 1.44. The first-order chi connectivity index (χ1) is 12.8. The summed E-state index contributed by atoms with van der Waals surface area (Å²) >= 11 is 0. The van der Waals surface area contributed by atoms with Crippen molar-refractivity contribution in [2.45, 2.75) is 19.4 Å². The largest absolute Gasteiger partial charge is 0.396 e. The van der Waals surface area contributed by atoms with E-state index in [0.717, 1.165) is 48.5 Å². The van der Waals surface area contributed by atoms with Gasteiger partial charge in [-0.15, -0.1) is 0 Å². The number of pyridine rings is 1. The van der Waals surface area contributed by atoms with Crippen molar-refractivity contribution in [1.82, 2.24) is 15.0 Å². The number of piperidine rings is 1. The van der Waals surface area contributed by atoms with E-state index in [2.05, 4.69) is 43.4 Å². The molecule has 1 atom stereocenters. The first-order valence-electron chi connectivity index (χ1n) is 9.07. The Morgan fingerprint density at radius 2 is 2.12 bits per heavy atom. The molecule has 4 rings (SSSR count). The fourth-order valence-electron chi connectivity index (χ4n) is 3.47. The van der Waals surface area contributed by atoms with Crippen molar-refractivity contribution < 1.29 is 5.11 Å². The van der Waals surface area contributed by atoms with E-state index in [1.165, 1.54) is 5.56 Å². The Labute approximate surface area is 152 Å². The van der Waals surface area contributed by atoms with Crippen LogP contribution < -0.4 is 10.2 Å². The molecule has 2 aromatic heterocycles. The van der Waals surface area contributed by atoms with Crippen LogP contribution in [0.5, 0.6) is 0 Å². The van der Waals surface area contributed by atoms with Gasteiger partial charge in [-0.2, -0.15) is 0 Å². The molecule has 3 aromatic rings. The second-order valence-electron chi connectivity index (χ2n) is 6.78. The third-order valence-corrected chi connectivity index (χ3v) is 4.89. The number of rotatable bonds is 5. The summed E-state index contributed by atoms with van der Waals surface area (Å²) in [6, 6.07) is 12.3. The quantitative estimate of drug-likeness (QED) is 0.738. The minimum Gasteiger partial charge on any atom is -0.396 e. The van der Waals surface area contributed by atoms with Crippen molar-refractivity contribution in [3.63, 3.8) is 0 Å². The first kappa shape index (κ1) is 16.7. The topological polar surface area (TPSA) is 74.2 Å². The summed E-state index contributed by atoms with van der Waals surface area (Å²) < 4.78 is 0. The van der Waals surface area contributed by atoms with Gasteiger partial charge < -0.3 is 15.3 Å². The maximum absolute atomic E-state index is 9.42. The summed E-state index contributed by atoms with van der Waals surface area (Å²) in [5.74, 6) is 2.07. The Kier molecular flexibility index (Phi) is 4.93. The van der Waals surface area contributed by atoms with Crippen LogP contribution in [0.3, 0.4) is 0 Å². The number of anilines is 2. The SMILES string of the molecule is OCC1CCCN(c2cc(NCc3ccc4ncccc4c3)ncn2)C1. The molecule has 134 valence electrons. The first-order valence-corrected chi connectivity index (χ1v) is 9.07. The van der Waals surface area contributed by atoms with Crippen LogP contribution in [0.2, 0.25) is 0 Å². The maximum atomic E-state index is 9.42. The molecule has 26 heavy (non-hydrogen) atoms. The zero-order valence-corrected chi connectivity index (χ0v) is 14.7. The molecule has 1 aromatic carbocycles. The average molecular weight is 349 g/mol. The fourth-order valence-corrected chi connectivity index (χ4v) is 3.47. The van der Waals surface area contributed by atoms with Crippen LogP contribution in [-0.4, -0.2) is 39.8 Å². The molecule has 1 saturated heterocycles. The molecule has 0 radical (unpaired) electrons. The van der Waals surface area contributed by atoms with Crippen LogP contribution in [0.1, 0.15) is 18.4 Å². The lowest BCUT2D eigenvalue weighted by molar-refractivity contribution is 0.208. The summed E-state index contributed by atoms with van der Waals surface area (Å²) in [6.07, 6.45) is 5.58. The highest BCUT2D eigenvalue weighted by Gasteiger charge is 2.20. The fraction of sp³-hybridized carbons (Fsp3) is 0.350. The second kappa shape index (κ2) is 7.66. The van der Waals surface area contributed by atoms with Crippen molar-refractivity contribution in [2.24, 2.45) is 5.92 Å². The monoisotopic (exact) mass is 349 g/mol. The second-order valence-corrected chi connectivity index (χ2v) is 6.78. The zero-order valence-electron chi connectivity index (χ0n) is 14.7. The molecule has 1 fully saturated rings. The van der Waals surface area contributed by atoms with Gasteiger partial charge in [0.05, 0.1) is 5.52 Å². The number of nitrogens with one attached hydrogen (secondary N) is 1. The van der Waals surface area contributed by atoms with E-state index in [9.17, 15) is 5.11 Å². The summed E-state index contributed by atoms with van der Waals surface area (Å²) in [5.41, 5.74) is 2.19. The highest BCUT2D eigenvalue weighted by atomic mass is 16.3. The van der Waals surface area contributed by atoms with Gasteiger partial charge in [-0.1, -0.05) is 12.1 Å². The standard InChI is InChI=1S/C20H23N5O/c26-13-16-3-2-8-25(12-16)20-10-19(23-14-24-20)22-11-15-5-6-18-17(9-15)4-1-7-21-18/h1,4-7,9-10,14,16,26H,2-3,8,11-13H2,(H,22,23,24). The van der Waals surface area contributed by atoms with Gasteiger partial charge in [-0.25, -0.2) is 9.97 Å². The molecule has 3 heterocycles. The predicted octanol–water partition coefficient (Wildman–Crippen LogP) is 2.85. The van der Waals surface area contributed by atoms with Crippen molar-refractivity contribution in [3.05, 3.63) is 54.5 Å². The molecule has 0 saturated carbocycles. The van der Waals surface area contributed by atoms with Crippen molar-refractivity contribution in [2.75, 3.05) is 29.9 Å². The van der Waals surface area contributed by atoms with Gasteiger partial charge in [0, 0.05) is 43.9 Å². The maximum Gasteiger partial charge on any atom is 0.134 e. The normalized spacial score (nSPS) is 17.4. The van der Waals surface area contributed by atoms with Gasteiger partial charge in [-0.05, 0) is 42.5 Å². The van der Waals surface area contributed by atoms with Gasteiger partial charge in [0.15, 0.2) is 0 Å². The van der Waals surface area contributed by atoms with Crippen molar-refractivity contribution >= 4 is 22.5 Å². The highest BCUT2D eigenvalue weighted by molar-refractivity contribution is 5.78. The molecule has 0 aliphatic carbocycles. The minimum atomic E-state index is 0.240. The van der Waals surface area contributed by atoms with Crippen LogP contribution in [0, 0.1) is 5.92 Å². The molecule has 0 spiro atoms. The number of aliphatic hydroxyl groups is 1. The Morgan fingerprint density at radius 1 is 1.15 bits per heavy atom. The van der Waals surface area contributed by atoms with E-state index in [4.69, 9.17) is 0 Å². The molecule has 0 bridgehead atoms. The van der Waals surface area contributed by atoms with E-state index < -0.39 is 0 Å². The number of fused-ring (bicyclic) bond motifs is 1. The number of nitrogens with zero attached hydrogens (tertiary/aromatic N) is 4. The smallest absolute Gasteiger partial charge is 0.134 e. The lowest BCUT2D eigenvalue weighted by atomic mass is 9.99. The molecule has 2 N–H and O–H groups in total. The van der Waals surface area contributed by atoms with Gasteiger partial charge in [0.25, 0.3) is 0 Å². The van der Waals surface area contributed by atoms with Crippen LogP contribution in [-0.2, 0) is 6.54 Å². The number of aliphatic hydroxyl groups excluding tert-OH is 1. The summed E-state index contributed by atoms with van der Waals surface area (Å²) in [4.78, 5) is 15.3. The van der Waals surface area contributed by atoms with Gasteiger partial charge in [-0.3, -0.25) is 4.98 Å². The minimum absolute atomic E-state index is 0.240.